The molecule has 3 atom stereocenters. The van der Waals surface area contributed by atoms with Crippen LogP contribution in [0.5, 0.6) is 0 Å². The Bertz CT molecular complexity index is 926. The van der Waals surface area contributed by atoms with Gasteiger partial charge in [0.05, 0.1) is 5.56 Å². The zero-order chi connectivity index (χ0) is 20.7. The van der Waals surface area contributed by atoms with Crippen molar-refractivity contribution in [2.24, 2.45) is 11.8 Å². The molecule has 0 N–H and O–H groups in total. The molecular weight excluding hydrogens is 383 g/mol. The lowest BCUT2D eigenvalue weighted by molar-refractivity contribution is 0.201. The molecule has 2 aliphatic carbocycles. The number of hydrogen-bond donors (Lipinski definition) is 0. The van der Waals surface area contributed by atoms with E-state index in [9.17, 15) is 17.6 Å². The molecule has 0 radical (unpaired) electrons. The summed E-state index contributed by atoms with van der Waals surface area (Å²) in [5, 5.41) is 0. The fourth-order valence-electron chi connectivity index (χ4n) is 5.26. The maximum absolute atomic E-state index is 15.3. The van der Waals surface area contributed by atoms with Crippen molar-refractivity contribution in [3.05, 3.63) is 71.1 Å². The Morgan fingerprint density at radius 3 is 2.31 bits per heavy atom. The fraction of sp³-hybridized carbons (Fsp3) is 0.417. The predicted octanol–water partition coefficient (Wildman–Crippen LogP) is 7.46. The third-order valence-electron chi connectivity index (χ3n) is 6.66. The molecule has 0 spiro atoms. The van der Waals surface area contributed by atoms with Crippen LogP contribution in [0.15, 0.2) is 30.9 Å². The quantitative estimate of drug-likeness (QED) is 0.281. The lowest BCUT2D eigenvalue weighted by atomic mass is 9.64. The van der Waals surface area contributed by atoms with Gasteiger partial charge in [-0.3, -0.25) is 0 Å². The second kappa shape index (κ2) is 7.92. The van der Waals surface area contributed by atoms with Gasteiger partial charge in [-0.25, -0.2) is 22.0 Å². The van der Waals surface area contributed by atoms with Gasteiger partial charge in [-0.05, 0) is 97.6 Å². The summed E-state index contributed by atoms with van der Waals surface area (Å²) in [4.78, 5) is 0. The first-order chi connectivity index (χ1) is 13.9. The molecule has 2 aromatic rings. The van der Waals surface area contributed by atoms with Crippen LogP contribution < -0.4 is 0 Å². The van der Waals surface area contributed by atoms with Crippen LogP contribution in [0.25, 0.3) is 11.1 Å². The minimum atomic E-state index is -1.65. The number of hydrogen-bond acceptors (Lipinski definition) is 0. The molecule has 0 amide bonds. The molecule has 2 aliphatic rings. The summed E-state index contributed by atoms with van der Waals surface area (Å²) in [6.07, 6.45) is 8.25. The second-order valence-electron chi connectivity index (χ2n) is 8.32. The summed E-state index contributed by atoms with van der Waals surface area (Å²) < 4.78 is 70.6. The van der Waals surface area contributed by atoms with Crippen LogP contribution in [0.2, 0.25) is 0 Å². The first kappa shape index (κ1) is 20.1. The Hall–Kier alpha value is -2.17. The molecule has 3 unspecified atom stereocenters. The Kier molecular flexibility index (Phi) is 5.50. The van der Waals surface area contributed by atoms with Gasteiger partial charge in [0.1, 0.15) is 11.6 Å². The average molecular weight is 406 g/mol. The normalized spacial score (nSPS) is 23.4. The molecule has 0 heterocycles. The van der Waals surface area contributed by atoms with Crippen molar-refractivity contribution in [2.45, 2.75) is 50.9 Å². The van der Waals surface area contributed by atoms with Crippen molar-refractivity contribution in [3.8, 4) is 11.1 Å². The molecule has 4 rings (SSSR count). The lowest BCUT2D eigenvalue weighted by Crippen LogP contribution is -2.29. The predicted molar refractivity (Wildman–Crippen MR) is 103 cm³/mol. The van der Waals surface area contributed by atoms with Crippen LogP contribution >= 0.6 is 0 Å². The Labute approximate surface area is 167 Å². The summed E-state index contributed by atoms with van der Waals surface area (Å²) in [6, 6.07) is 2.61. The van der Waals surface area contributed by atoms with E-state index in [-0.39, 0.29) is 11.5 Å². The summed E-state index contributed by atoms with van der Waals surface area (Å²) in [5.41, 5.74) is 0.302. The first-order valence-corrected chi connectivity index (χ1v) is 10.2. The molecule has 0 bridgehead atoms. The summed E-state index contributed by atoms with van der Waals surface area (Å²) in [5.74, 6) is -5.09. The zero-order valence-electron chi connectivity index (χ0n) is 16.1. The number of fused-ring (bicyclic) bond motifs is 3. The number of rotatable bonds is 4. The molecule has 0 nitrogen and oxygen atoms in total. The molecule has 5 heteroatoms. The van der Waals surface area contributed by atoms with Gasteiger partial charge in [0.25, 0.3) is 0 Å². The lowest BCUT2D eigenvalue weighted by Gasteiger charge is -2.41. The standard InChI is InChI=1S/C24H23F5/c1-2-3-4-13-5-7-16-14(9-13)6-8-17-18(16)12-19(25)22(23(17)28)15-10-20(26)24(29)21(27)11-15/h2,10-14,16H,1,3-9H2. The first-order valence-electron chi connectivity index (χ1n) is 10.2. The molecule has 29 heavy (non-hydrogen) atoms. The van der Waals surface area contributed by atoms with Crippen LogP contribution in [0.4, 0.5) is 22.0 Å². The van der Waals surface area contributed by atoms with Crippen LogP contribution in [0, 0.1) is 40.9 Å². The van der Waals surface area contributed by atoms with Crippen molar-refractivity contribution < 1.29 is 22.0 Å². The minimum absolute atomic E-state index is 0.110. The van der Waals surface area contributed by atoms with Crippen molar-refractivity contribution in [2.75, 3.05) is 0 Å². The molecule has 154 valence electrons. The topological polar surface area (TPSA) is 0 Å². The monoisotopic (exact) mass is 406 g/mol. The summed E-state index contributed by atoms with van der Waals surface area (Å²) >= 11 is 0. The zero-order valence-corrected chi connectivity index (χ0v) is 16.1. The van der Waals surface area contributed by atoms with E-state index >= 15 is 4.39 Å². The highest BCUT2D eigenvalue weighted by molar-refractivity contribution is 5.67. The largest absolute Gasteiger partial charge is 0.206 e. The van der Waals surface area contributed by atoms with Crippen molar-refractivity contribution >= 4 is 0 Å². The van der Waals surface area contributed by atoms with Crippen molar-refractivity contribution in [3.63, 3.8) is 0 Å². The Morgan fingerprint density at radius 1 is 0.897 bits per heavy atom. The van der Waals surface area contributed by atoms with Gasteiger partial charge in [-0.1, -0.05) is 6.08 Å². The third-order valence-corrected chi connectivity index (χ3v) is 6.66. The van der Waals surface area contributed by atoms with Crippen molar-refractivity contribution in [1.82, 2.24) is 0 Å². The van der Waals surface area contributed by atoms with Gasteiger partial charge in [-0.15, -0.1) is 6.58 Å². The van der Waals surface area contributed by atoms with Crippen LogP contribution in [-0.4, -0.2) is 0 Å². The van der Waals surface area contributed by atoms with E-state index in [1.54, 1.807) is 0 Å². The average Bonchev–Trinajstić information content (AvgIpc) is 2.70. The van der Waals surface area contributed by atoms with Gasteiger partial charge in [0, 0.05) is 0 Å². The maximum atomic E-state index is 15.3. The highest BCUT2D eigenvalue weighted by atomic mass is 19.2. The smallest absolute Gasteiger partial charge is 0.194 e. The number of halogens is 5. The summed E-state index contributed by atoms with van der Waals surface area (Å²) in [6.45, 7) is 3.77. The number of benzene rings is 2. The molecule has 0 saturated heterocycles. The molecule has 0 aliphatic heterocycles. The van der Waals surface area contributed by atoms with E-state index in [0.29, 0.717) is 41.5 Å². The van der Waals surface area contributed by atoms with Crippen LogP contribution in [0.1, 0.15) is 55.6 Å². The van der Waals surface area contributed by atoms with Gasteiger partial charge in [0.2, 0.25) is 0 Å². The van der Waals surface area contributed by atoms with E-state index in [1.807, 2.05) is 6.08 Å². The van der Waals surface area contributed by atoms with E-state index in [4.69, 9.17) is 0 Å². The Morgan fingerprint density at radius 2 is 1.62 bits per heavy atom. The van der Waals surface area contributed by atoms with Crippen LogP contribution in [-0.2, 0) is 6.42 Å². The second-order valence-corrected chi connectivity index (χ2v) is 8.32. The molecule has 0 aromatic heterocycles. The van der Waals surface area contributed by atoms with Crippen molar-refractivity contribution in [1.29, 1.82) is 0 Å². The van der Waals surface area contributed by atoms with Crippen LogP contribution in [0.3, 0.4) is 0 Å². The highest BCUT2D eigenvalue weighted by Crippen LogP contribution is 2.49. The van der Waals surface area contributed by atoms with Gasteiger partial charge in [0.15, 0.2) is 17.5 Å². The Balaban J connectivity index is 1.69. The fourth-order valence-corrected chi connectivity index (χ4v) is 5.26. The van der Waals surface area contributed by atoms with E-state index in [1.165, 1.54) is 6.07 Å². The minimum Gasteiger partial charge on any atom is -0.206 e. The van der Waals surface area contributed by atoms with Gasteiger partial charge < -0.3 is 0 Å². The van der Waals surface area contributed by atoms with Gasteiger partial charge in [-0.2, -0.15) is 0 Å². The number of allylic oxidation sites excluding steroid dienone is 1. The molecular formula is C24H23F5. The van der Waals surface area contributed by atoms with E-state index in [0.717, 1.165) is 38.5 Å². The maximum Gasteiger partial charge on any atom is 0.194 e. The summed E-state index contributed by atoms with van der Waals surface area (Å²) in [7, 11) is 0. The highest BCUT2D eigenvalue weighted by Gasteiger charge is 2.37. The van der Waals surface area contributed by atoms with Gasteiger partial charge >= 0.3 is 0 Å². The van der Waals surface area contributed by atoms with E-state index in [2.05, 4.69) is 6.58 Å². The third kappa shape index (κ3) is 3.60. The SMILES string of the molecule is C=CCCC1CCC2c3cc(F)c(-c4cc(F)c(F)c(F)c4)c(F)c3CCC2C1. The van der Waals surface area contributed by atoms with E-state index < -0.39 is 34.6 Å². The molecule has 1 fully saturated rings. The molecule has 1 saturated carbocycles. The molecule has 2 aromatic carbocycles.